The van der Waals surface area contributed by atoms with E-state index in [1.54, 1.807) is 24.4 Å². The Labute approximate surface area is 162 Å². The summed E-state index contributed by atoms with van der Waals surface area (Å²) in [5.74, 6) is -0.158. The van der Waals surface area contributed by atoms with Crippen molar-refractivity contribution in [3.05, 3.63) is 100 Å². The molecule has 1 amide bonds. The van der Waals surface area contributed by atoms with Crippen molar-refractivity contribution in [1.82, 2.24) is 9.88 Å². The van der Waals surface area contributed by atoms with E-state index in [-0.39, 0.29) is 16.9 Å². The Bertz CT molecular complexity index is 969. The first kappa shape index (κ1) is 19.4. The van der Waals surface area contributed by atoms with E-state index in [1.165, 1.54) is 22.8 Å². The van der Waals surface area contributed by atoms with Gasteiger partial charge in [-0.2, -0.15) is 0 Å². The Morgan fingerprint density at radius 2 is 1.75 bits per heavy atom. The van der Waals surface area contributed by atoms with Crippen LogP contribution < -0.4 is 15.6 Å². The van der Waals surface area contributed by atoms with Gasteiger partial charge in [0.15, 0.2) is 0 Å². The summed E-state index contributed by atoms with van der Waals surface area (Å²) in [5, 5.41) is 2.73. The second-order valence-electron chi connectivity index (χ2n) is 6.25. The fourth-order valence-electron chi connectivity index (χ4n) is 2.70. The molecule has 3 aromatic rings. The lowest BCUT2D eigenvalue weighted by atomic mass is 10.2. The third-order valence-corrected chi connectivity index (χ3v) is 4.15. The molecule has 0 aliphatic carbocycles. The SMILES string of the molecule is O=C(NCCCOc1ccc(F)cc1)c1cccn(Cc2ccccc2)c1=O. The summed E-state index contributed by atoms with van der Waals surface area (Å²) in [6.07, 6.45) is 2.23. The zero-order chi connectivity index (χ0) is 19.8. The number of carbonyl (C=O) groups is 1. The minimum Gasteiger partial charge on any atom is -0.494 e. The largest absolute Gasteiger partial charge is 0.494 e. The molecule has 1 aromatic heterocycles. The Morgan fingerprint density at radius 1 is 1.00 bits per heavy atom. The van der Waals surface area contributed by atoms with Crippen LogP contribution in [-0.2, 0) is 6.54 Å². The maximum absolute atomic E-state index is 12.8. The Balaban J connectivity index is 1.50. The van der Waals surface area contributed by atoms with Crippen LogP contribution in [0, 0.1) is 5.82 Å². The molecular formula is C22H21FN2O3. The monoisotopic (exact) mass is 380 g/mol. The number of nitrogens with one attached hydrogen (secondary N) is 1. The lowest BCUT2D eigenvalue weighted by Gasteiger charge is -2.09. The highest BCUT2D eigenvalue weighted by molar-refractivity contribution is 5.93. The fourth-order valence-corrected chi connectivity index (χ4v) is 2.70. The van der Waals surface area contributed by atoms with Gasteiger partial charge in [-0.3, -0.25) is 9.59 Å². The highest BCUT2D eigenvalue weighted by atomic mass is 19.1. The summed E-state index contributed by atoms with van der Waals surface area (Å²) in [4.78, 5) is 24.9. The maximum Gasteiger partial charge on any atom is 0.263 e. The summed E-state index contributed by atoms with van der Waals surface area (Å²) in [6.45, 7) is 1.15. The third kappa shape index (κ3) is 5.30. The molecular weight excluding hydrogens is 359 g/mol. The van der Waals surface area contributed by atoms with Crippen LogP contribution in [0.4, 0.5) is 4.39 Å². The van der Waals surface area contributed by atoms with Gasteiger partial charge in [0.25, 0.3) is 11.5 Å². The molecule has 28 heavy (non-hydrogen) atoms. The summed E-state index contributed by atoms with van der Waals surface area (Å²) in [6, 6.07) is 18.6. The van der Waals surface area contributed by atoms with Crippen LogP contribution >= 0.6 is 0 Å². The number of hydrogen-bond acceptors (Lipinski definition) is 3. The number of nitrogens with zero attached hydrogens (tertiary/aromatic N) is 1. The minimum atomic E-state index is -0.408. The van der Waals surface area contributed by atoms with Crippen molar-refractivity contribution >= 4 is 5.91 Å². The number of carbonyl (C=O) groups excluding carboxylic acids is 1. The van der Waals surface area contributed by atoms with E-state index >= 15 is 0 Å². The van der Waals surface area contributed by atoms with E-state index < -0.39 is 5.91 Å². The number of amides is 1. The van der Waals surface area contributed by atoms with Gasteiger partial charge in [-0.1, -0.05) is 30.3 Å². The van der Waals surface area contributed by atoms with Crippen molar-refractivity contribution in [3.8, 4) is 5.75 Å². The zero-order valence-electron chi connectivity index (χ0n) is 15.3. The molecule has 3 rings (SSSR count). The molecule has 0 saturated carbocycles. The summed E-state index contributed by atoms with van der Waals surface area (Å²) < 4.78 is 19.8. The van der Waals surface area contributed by atoms with Crippen LogP contribution in [0.25, 0.3) is 0 Å². The van der Waals surface area contributed by atoms with Crippen molar-refractivity contribution in [3.63, 3.8) is 0 Å². The van der Waals surface area contributed by atoms with Crippen molar-refractivity contribution in [2.24, 2.45) is 0 Å². The van der Waals surface area contributed by atoms with Gasteiger partial charge < -0.3 is 14.6 Å². The van der Waals surface area contributed by atoms with Crippen molar-refractivity contribution < 1.29 is 13.9 Å². The Hall–Kier alpha value is -3.41. The number of pyridine rings is 1. The summed E-state index contributed by atoms with van der Waals surface area (Å²) >= 11 is 0. The predicted octanol–water partition coefficient (Wildman–Crippen LogP) is 3.23. The minimum absolute atomic E-state index is 0.109. The number of rotatable bonds is 8. The smallest absolute Gasteiger partial charge is 0.263 e. The molecule has 0 saturated heterocycles. The van der Waals surface area contributed by atoms with Crippen molar-refractivity contribution in [2.75, 3.05) is 13.2 Å². The van der Waals surface area contributed by atoms with Gasteiger partial charge in [0.2, 0.25) is 0 Å². The number of hydrogen-bond donors (Lipinski definition) is 1. The van der Waals surface area contributed by atoms with Crippen LogP contribution in [0.3, 0.4) is 0 Å². The molecule has 2 aromatic carbocycles. The molecule has 6 heteroatoms. The molecule has 1 heterocycles. The molecule has 0 fully saturated rings. The first-order valence-corrected chi connectivity index (χ1v) is 9.03. The molecule has 0 radical (unpaired) electrons. The van der Waals surface area contributed by atoms with Gasteiger partial charge in [-0.15, -0.1) is 0 Å². The van der Waals surface area contributed by atoms with Crippen molar-refractivity contribution in [1.29, 1.82) is 0 Å². The van der Waals surface area contributed by atoms with Gasteiger partial charge in [0, 0.05) is 12.7 Å². The average Bonchev–Trinajstić information content (AvgIpc) is 2.71. The lowest BCUT2D eigenvalue weighted by Crippen LogP contribution is -2.33. The van der Waals surface area contributed by atoms with Crippen LogP contribution in [0.2, 0.25) is 0 Å². The number of aromatic nitrogens is 1. The quantitative estimate of drug-likeness (QED) is 0.611. The third-order valence-electron chi connectivity index (χ3n) is 4.15. The van der Waals surface area contributed by atoms with Crippen LogP contribution in [0.15, 0.2) is 77.7 Å². The molecule has 144 valence electrons. The Morgan fingerprint density at radius 3 is 2.50 bits per heavy atom. The van der Waals surface area contributed by atoms with Gasteiger partial charge in [-0.25, -0.2) is 4.39 Å². The van der Waals surface area contributed by atoms with Crippen molar-refractivity contribution in [2.45, 2.75) is 13.0 Å². The second kappa shape index (κ2) is 9.50. The second-order valence-corrected chi connectivity index (χ2v) is 6.25. The lowest BCUT2D eigenvalue weighted by molar-refractivity contribution is 0.0949. The van der Waals surface area contributed by atoms with Crippen LogP contribution in [-0.4, -0.2) is 23.6 Å². The van der Waals surface area contributed by atoms with Gasteiger partial charge in [0.05, 0.1) is 13.2 Å². The highest BCUT2D eigenvalue weighted by Gasteiger charge is 2.11. The summed E-state index contributed by atoms with van der Waals surface area (Å²) in [5.41, 5.74) is 0.768. The first-order chi connectivity index (χ1) is 13.6. The zero-order valence-corrected chi connectivity index (χ0v) is 15.3. The molecule has 1 N–H and O–H groups in total. The Kier molecular flexibility index (Phi) is 6.57. The topological polar surface area (TPSA) is 60.3 Å². The molecule has 0 atom stereocenters. The van der Waals surface area contributed by atoms with Gasteiger partial charge in [-0.05, 0) is 48.4 Å². The molecule has 0 bridgehead atoms. The van der Waals surface area contributed by atoms with Gasteiger partial charge in [0.1, 0.15) is 17.1 Å². The predicted molar refractivity (Wildman–Crippen MR) is 105 cm³/mol. The molecule has 0 unspecified atom stereocenters. The van der Waals surface area contributed by atoms with E-state index in [1.807, 2.05) is 30.3 Å². The summed E-state index contributed by atoms with van der Waals surface area (Å²) in [7, 11) is 0. The number of halogens is 1. The maximum atomic E-state index is 12.8. The highest BCUT2D eigenvalue weighted by Crippen LogP contribution is 2.11. The van der Waals surface area contributed by atoms with E-state index in [4.69, 9.17) is 4.74 Å². The van der Waals surface area contributed by atoms with Gasteiger partial charge >= 0.3 is 0 Å². The van der Waals surface area contributed by atoms with E-state index in [2.05, 4.69) is 5.32 Å². The fraction of sp³-hybridized carbons (Fsp3) is 0.182. The molecule has 0 aliphatic heterocycles. The van der Waals surface area contributed by atoms with Crippen LogP contribution in [0.1, 0.15) is 22.3 Å². The molecule has 0 aliphatic rings. The number of benzene rings is 2. The first-order valence-electron chi connectivity index (χ1n) is 9.03. The molecule has 5 nitrogen and oxygen atoms in total. The van der Waals surface area contributed by atoms with E-state index in [0.717, 1.165) is 5.56 Å². The van der Waals surface area contributed by atoms with Crippen LogP contribution in [0.5, 0.6) is 5.75 Å². The normalized spacial score (nSPS) is 10.5. The standard InChI is InChI=1S/C22H21FN2O3/c23-18-9-11-19(12-10-18)28-15-5-13-24-21(26)20-8-4-14-25(22(20)27)16-17-6-2-1-3-7-17/h1-4,6-12,14H,5,13,15-16H2,(H,24,26). The van der Waals surface area contributed by atoms with E-state index in [9.17, 15) is 14.0 Å². The van der Waals surface area contributed by atoms with E-state index in [0.29, 0.717) is 31.9 Å². The number of ether oxygens (including phenoxy) is 1. The molecule has 0 spiro atoms. The average molecular weight is 380 g/mol.